The number of nitrogens with one attached hydrogen (secondary N) is 1. The number of carbonyl (C=O) groups is 1. The molecule has 1 aromatic heterocycles. The fourth-order valence-corrected chi connectivity index (χ4v) is 4.88. The molecule has 140 valence electrons. The zero-order valence-electron chi connectivity index (χ0n) is 14.9. The molecule has 1 fully saturated rings. The minimum Gasteiger partial charge on any atom is -0.351 e. The smallest absolute Gasteiger partial charge is 0.252 e. The van der Waals surface area contributed by atoms with Crippen LogP contribution in [0.1, 0.15) is 10.4 Å². The lowest BCUT2D eigenvalue weighted by molar-refractivity contribution is 0.0947. The molecule has 3 aromatic rings. The van der Waals surface area contributed by atoms with E-state index in [-0.39, 0.29) is 5.91 Å². The highest BCUT2D eigenvalue weighted by atomic mass is 127. The molecule has 1 saturated heterocycles. The molecule has 7 heteroatoms. The van der Waals surface area contributed by atoms with Crippen molar-refractivity contribution in [2.75, 3.05) is 44.2 Å². The van der Waals surface area contributed by atoms with Gasteiger partial charge in [0.25, 0.3) is 5.91 Å². The van der Waals surface area contributed by atoms with Crippen molar-refractivity contribution in [2.24, 2.45) is 0 Å². The molecular formula is C20H21IN4OS. The Kier molecular flexibility index (Phi) is 5.89. The van der Waals surface area contributed by atoms with Gasteiger partial charge >= 0.3 is 0 Å². The molecule has 0 bridgehead atoms. The second-order valence-electron chi connectivity index (χ2n) is 6.53. The van der Waals surface area contributed by atoms with Crippen molar-refractivity contribution in [3.8, 4) is 0 Å². The molecule has 1 aliphatic rings. The predicted octanol–water partition coefficient (Wildman–Crippen LogP) is 3.45. The number of carbonyl (C=O) groups excluding carboxylic acids is 1. The maximum Gasteiger partial charge on any atom is 0.252 e. The van der Waals surface area contributed by atoms with Gasteiger partial charge in [0.15, 0.2) is 5.13 Å². The van der Waals surface area contributed by atoms with E-state index in [1.54, 1.807) is 11.3 Å². The fraction of sp³-hybridized carbons (Fsp3) is 0.300. The van der Waals surface area contributed by atoms with Gasteiger partial charge in [0.1, 0.15) is 0 Å². The Hall–Kier alpha value is -1.71. The number of fused-ring (bicyclic) bond motifs is 1. The number of hydrogen-bond acceptors (Lipinski definition) is 5. The zero-order valence-corrected chi connectivity index (χ0v) is 17.9. The highest BCUT2D eigenvalue weighted by Crippen LogP contribution is 2.29. The number of piperazine rings is 1. The highest BCUT2D eigenvalue weighted by Gasteiger charge is 2.19. The van der Waals surface area contributed by atoms with Crippen LogP contribution in [0.4, 0.5) is 5.13 Å². The van der Waals surface area contributed by atoms with Gasteiger partial charge in [0, 0.05) is 42.8 Å². The van der Waals surface area contributed by atoms with Gasteiger partial charge < -0.3 is 10.2 Å². The van der Waals surface area contributed by atoms with Crippen molar-refractivity contribution in [1.29, 1.82) is 0 Å². The molecular weight excluding hydrogens is 471 g/mol. The lowest BCUT2D eigenvalue weighted by Crippen LogP contribution is -2.48. The van der Waals surface area contributed by atoms with E-state index in [2.05, 4.69) is 55.9 Å². The Morgan fingerprint density at radius 2 is 1.81 bits per heavy atom. The number of para-hydroxylation sites is 1. The fourth-order valence-electron chi connectivity index (χ4n) is 3.23. The molecule has 0 unspecified atom stereocenters. The van der Waals surface area contributed by atoms with Crippen molar-refractivity contribution in [3.05, 3.63) is 57.7 Å². The Morgan fingerprint density at radius 3 is 2.59 bits per heavy atom. The van der Waals surface area contributed by atoms with Crippen molar-refractivity contribution in [3.63, 3.8) is 0 Å². The Balaban J connectivity index is 1.25. The first-order chi connectivity index (χ1) is 13.2. The average Bonchev–Trinajstić information content (AvgIpc) is 3.13. The van der Waals surface area contributed by atoms with Crippen molar-refractivity contribution < 1.29 is 4.79 Å². The predicted molar refractivity (Wildman–Crippen MR) is 120 cm³/mol. The van der Waals surface area contributed by atoms with Gasteiger partial charge in [-0.2, -0.15) is 0 Å². The number of halogens is 1. The maximum absolute atomic E-state index is 12.3. The molecule has 1 aliphatic heterocycles. The van der Waals surface area contributed by atoms with Gasteiger partial charge in [-0.15, -0.1) is 0 Å². The van der Waals surface area contributed by atoms with Gasteiger partial charge in [0.2, 0.25) is 0 Å². The quantitative estimate of drug-likeness (QED) is 0.555. The summed E-state index contributed by atoms with van der Waals surface area (Å²) in [7, 11) is 0. The summed E-state index contributed by atoms with van der Waals surface area (Å²) in [6.07, 6.45) is 0. The van der Waals surface area contributed by atoms with E-state index < -0.39 is 0 Å². The minimum atomic E-state index is 0.00751. The highest BCUT2D eigenvalue weighted by molar-refractivity contribution is 14.1. The van der Waals surface area contributed by atoms with Crippen molar-refractivity contribution in [2.45, 2.75) is 0 Å². The van der Waals surface area contributed by atoms with E-state index in [4.69, 9.17) is 4.98 Å². The second-order valence-corrected chi connectivity index (χ2v) is 8.70. The number of amides is 1. The van der Waals surface area contributed by atoms with Crippen LogP contribution >= 0.6 is 33.9 Å². The summed E-state index contributed by atoms with van der Waals surface area (Å²) in [5.74, 6) is 0.00751. The number of thiazole rings is 1. The van der Waals surface area contributed by atoms with Crippen LogP contribution in [0.2, 0.25) is 0 Å². The maximum atomic E-state index is 12.3. The van der Waals surface area contributed by atoms with Crippen LogP contribution in [0.15, 0.2) is 48.5 Å². The molecule has 0 aliphatic carbocycles. The van der Waals surface area contributed by atoms with Crippen molar-refractivity contribution in [1.82, 2.24) is 15.2 Å². The average molecular weight is 492 g/mol. The Labute approximate surface area is 176 Å². The summed E-state index contributed by atoms with van der Waals surface area (Å²) in [4.78, 5) is 21.8. The number of hydrogen-bond donors (Lipinski definition) is 1. The van der Waals surface area contributed by atoms with Crippen LogP contribution in [0.25, 0.3) is 10.2 Å². The summed E-state index contributed by atoms with van der Waals surface area (Å²) in [6, 6.07) is 16.0. The Morgan fingerprint density at radius 1 is 1.07 bits per heavy atom. The standard InChI is InChI=1S/C20H21IN4OS/c21-16-6-2-1-5-15(16)19(26)22-9-10-24-11-13-25(14-12-24)20-23-17-7-3-4-8-18(17)27-20/h1-8H,9-14H2,(H,22,26). The lowest BCUT2D eigenvalue weighted by Gasteiger charge is -2.34. The summed E-state index contributed by atoms with van der Waals surface area (Å²) in [5.41, 5.74) is 1.83. The molecule has 2 heterocycles. The first-order valence-corrected chi connectivity index (χ1v) is 11.0. The van der Waals surface area contributed by atoms with Gasteiger partial charge in [-0.1, -0.05) is 35.6 Å². The third-order valence-electron chi connectivity index (χ3n) is 4.76. The summed E-state index contributed by atoms with van der Waals surface area (Å²) in [6.45, 7) is 5.49. The monoisotopic (exact) mass is 492 g/mol. The van der Waals surface area contributed by atoms with Crippen LogP contribution in [-0.2, 0) is 0 Å². The largest absolute Gasteiger partial charge is 0.351 e. The van der Waals surface area contributed by atoms with Gasteiger partial charge in [-0.3, -0.25) is 9.69 Å². The molecule has 1 N–H and O–H groups in total. The molecule has 27 heavy (non-hydrogen) atoms. The molecule has 0 radical (unpaired) electrons. The van der Waals surface area contributed by atoms with Crippen LogP contribution < -0.4 is 10.2 Å². The second kappa shape index (κ2) is 8.53. The van der Waals surface area contributed by atoms with Crippen LogP contribution in [0, 0.1) is 3.57 Å². The summed E-state index contributed by atoms with van der Waals surface area (Å²) >= 11 is 3.97. The summed E-state index contributed by atoms with van der Waals surface area (Å²) < 4.78 is 2.23. The molecule has 0 spiro atoms. The number of aromatic nitrogens is 1. The number of anilines is 1. The zero-order chi connectivity index (χ0) is 18.6. The van der Waals surface area contributed by atoms with E-state index in [9.17, 15) is 4.79 Å². The van der Waals surface area contributed by atoms with Crippen LogP contribution in [0.3, 0.4) is 0 Å². The van der Waals surface area contributed by atoms with Gasteiger partial charge in [0.05, 0.1) is 15.8 Å². The van der Waals surface area contributed by atoms with E-state index >= 15 is 0 Å². The number of nitrogens with zero attached hydrogens (tertiary/aromatic N) is 3. The SMILES string of the molecule is O=C(NCCN1CCN(c2nc3ccccc3s2)CC1)c1ccccc1I. The molecule has 0 atom stereocenters. The molecule has 5 nitrogen and oxygen atoms in total. The molecule has 0 saturated carbocycles. The summed E-state index contributed by atoms with van der Waals surface area (Å²) in [5, 5.41) is 4.15. The van der Waals surface area contributed by atoms with E-state index in [1.807, 2.05) is 30.3 Å². The number of benzene rings is 2. The normalized spacial score (nSPS) is 15.2. The first kappa shape index (κ1) is 18.6. The molecule has 2 aromatic carbocycles. The van der Waals surface area contributed by atoms with E-state index in [0.717, 1.165) is 52.5 Å². The number of rotatable bonds is 5. The van der Waals surface area contributed by atoms with Crippen LogP contribution in [0.5, 0.6) is 0 Å². The van der Waals surface area contributed by atoms with Crippen molar-refractivity contribution >= 4 is 55.2 Å². The Bertz CT molecular complexity index is 903. The van der Waals surface area contributed by atoms with Crippen LogP contribution in [-0.4, -0.2) is 55.1 Å². The van der Waals surface area contributed by atoms with E-state index in [1.165, 1.54) is 4.70 Å². The molecule has 1 amide bonds. The topological polar surface area (TPSA) is 48.5 Å². The third-order valence-corrected chi connectivity index (χ3v) is 6.80. The molecule has 4 rings (SSSR count). The van der Waals surface area contributed by atoms with Gasteiger partial charge in [-0.25, -0.2) is 4.98 Å². The minimum absolute atomic E-state index is 0.00751. The first-order valence-electron chi connectivity index (χ1n) is 9.06. The van der Waals surface area contributed by atoms with E-state index in [0.29, 0.717) is 6.54 Å². The lowest BCUT2D eigenvalue weighted by atomic mass is 10.2. The third kappa shape index (κ3) is 4.41. The van der Waals surface area contributed by atoms with Gasteiger partial charge in [-0.05, 0) is 46.9 Å².